The van der Waals surface area contributed by atoms with Crippen molar-refractivity contribution in [3.8, 4) is 5.75 Å². The van der Waals surface area contributed by atoms with Gasteiger partial charge in [-0.15, -0.1) is 0 Å². The number of hydrogen-bond acceptors (Lipinski definition) is 3. The van der Waals surface area contributed by atoms with Crippen molar-refractivity contribution in [3.05, 3.63) is 28.5 Å². The summed E-state index contributed by atoms with van der Waals surface area (Å²) in [4.78, 5) is 10.6. The van der Waals surface area contributed by atoms with Crippen molar-refractivity contribution in [1.82, 2.24) is 0 Å². The first kappa shape index (κ1) is 9.09. The van der Waals surface area contributed by atoms with E-state index in [1.54, 1.807) is 13.0 Å². The molecule has 3 nitrogen and oxygen atoms in total. The molecular formula is C10H7ClO3. The third kappa shape index (κ3) is 1.17. The van der Waals surface area contributed by atoms with E-state index in [1.165, 1.54) is 6.07 Å². The summed E-state index contributed by atoms with van der Waals surface area (Å²) >= 11 is 5.73. The molecule has 0 fully saturated rings. The molecule has 0 aliphatic rings. The van der Waals surface area contributed by atoms with Crippen LogP contribution in [0, 0.1) is 6.92 Å². The third-order valence-corrected chi connectivity index (χ3v) is 2.45. The summed E-state index contributed by atoms with van der Waals surface area (Å²) in [7, 11) is 0. The fourth-order valence-corrected chi connectivity index (χ4v) is 1.52. The molecule has 2 aromatic rings. The maximum atomic E-state index is 10.6. The molecular weight excluding hydrogens is 204 g/mol. The molecule has 72 valence electrons. The smallest absolute Gasteiger partial charge is 0.185 e. The van der Waals surface area contributed by atoms with Crippen LogP contribution in [0.25, 0.3) is 11.0 Å². The molecule has 1 aromatic heterocycles. The summed E-state index contributed by atoms with van der Waals surface area (Å²) < 4.78 is 5.20. The Hall–Kier alpha value is -1.48. The topological polar surface area (TPSA) is 50.4 Å². The van der Waals surface area contributed by atoms with Crippen molar-refractivity contribution in [2.45, 2.75) is 6.92 Å². The molecule has 0 saturated heterocycles. The van der Waals surface area contributed by atoms with E-state index in [0.717, 1.165) is 10.9 Å². The molecule has 2 rings (SSSR count). The van der Waals surface area contributed by atoms with Gasteiger partial charge in [-0.3, -0.25) is 4.79 Å². The van der Waals surface area contributed by atoms with Gasteiger partial charge in [0.1, 0.15) is 11.3 Å². The predicted octanol–water partition coefficient (Wildman–Crippen LogP) is 2.91. The molecule has 14 heavy (non-hydrogen) atoms. The Morgan fingerprint density at radius 2 is 2.21 bits per heavy atom. The minimum Gasteiger partial charge on any atom is -0.506 e. The fourth-order valence-electron chi connectivity index (χ4n) is 1.36. The minimum atomic E-state index is -0.0506. The molecule has 0 spiro atoms. The lowest BCUT2D eigenvalue weighted by atomic mass is 10.1. The summed E-state index contributed by atoms with van der Waals surface area (Å²) in [5, 5.41) is 10.3. The van der Waals surface area contributed by atoms with E-state index in [2.05, 4.69) is 0 Å². The van der Waals surface area contributed by atoms with E-state index in [9.17, 15) is 9.90 Å². The van der Waals surface area contributed by atoms with Crippen LogP contribution in [0.1, 0.15) is 16.1 Å². The van der Waals surface area contributed by atoms with Crippen LogP contribution in [-0.2, 0) is 0 Å². The van der Waals surface area contributed by atoms with Crippen LogP contribution >= 0.6 is 11.6 Å². The van der Waals surface area contributed by atoms with Crippen LogP contribution in [0.3, 0.4) is 0 Å². The number of aromatic hydroxyl groups is 1. The molecule has 4 heteroatoms. The number of aldehydes is 1. The Balaban J connectivity index is 2.86. The van der Waals surface area contributed by atoms with Gasteiger partial charge < -0.3 is 9.52 Å². The number of halogens is 1. The Labute approximate surface area is 84.9 Å². The van der Waals surface area contributed by atoms with E-state index in [1.807, 2.05) is 0 Å². The monoisotopic (exact) mass is 210 g/mol. The average molecular weight is 211 g/mol. The zero-order valence-electron chi connectivity index (χ0n) is 7.37. The zero-order valence-corrected chi connectivity index (χ0v) is 8.13. The number of rotatable bonds is 1. The van der Waals surface area contributed by atoms with Gasteiger partial charge in [-0.2, -0.15) is 0 Å². The number of benzene rings is 1. The van der Waals surface area contributed by atoms with Crippen molar-refractivity contribution < 1.29 is 14.3 Å². The molecule has 0 bridgehead atoms. The standard InChI is InChI=1S/C10H7ClO3/c1-5-6-2-7(11)8(13)3-9(6)14-10(5)4-12/h2-4,13H,1H3. The van der Waals surface area contributed by atoms with Crippen molar-refractivity contribution in [2.75, 3.05) is 0 Å². The number of fused-ring (bicyclic) bond motifs is 1. The maximum absolute atomic E-state index is 10.6. The molecule has 0 amide bonds. The molecule has 0 aliphatic carbocycles. The quantitative estimate of drug-likeness (QED) is 0.737. The van der Waals surface area contributed by atoms with Crippen molar-refractivity contribution >= 4 is 28.9 Å². The normalized spacial score (nSPS) is 10.7. The SMILES string of the molecule is Cc1c(C=O)oc2cc(O)c(Cl)cc12. The van der Waals surface area contributed by atoms with Crippen LogP contribution in [0.2, 0.25) is 5.02 Å². The molecule has 0 radical (unpaired) electrons. The van der Waals surface area contributed by atoms with E-state index in [0.29, 0.717) is 11.9 Å². The molecule has 0 aliphatic heterocycles. The lowest BCUT2D eigenvalue weighted by Gasteiger charge is -1.95. The lowest BCUT2D eigenvalue weighted by molar-refractivity contribution is 0.110. The molecule has 0 unspecified atom stereocenters. The van der Waals surface area contributed by atoms with Gasteiger partial charge in [0.15, 0.2) is 12.0 Å². The van der Waals surface area contributed by atoms with E-state index in [-0.39, 0.29) is 16.5 Å². The Morgan fingerprint density at radius 1 is 1.50 bits per heavy atom. The van der Waals surface area contributed by atoms with E-state index >= 15 is 0 Å². The molecule has 0 atom stereocenters. The van der Waals surface area contributed by atoms with Gasteiger partial charge in [-0.1, -0.05) is 11.6 Å². The summed E-state index contributed by atoms with van der Waals surface area (Å²) in [5.41, 5.74) is 1.20. The van der Waals surface area contributed by atoms with Gasteiger partial charge >= 0.3 is 0 Å². The van der Waals surface area contributed by atoms with Crippen molar-refractivity contribution in [2.24, 2.45) is 0 Å². The summed E-state index contributed by atoms with van der Waals surface area (Å²) in [6, 6.07) is 2.98. The molecule has 1 aromatic carbocycles. The Bertz CT molecular complexity index is 514. The second-order valence-corrected chi connectivity index (χ2v) is 3.42. The summed E-state index contributed by atoms with van der Waals surface area (Å²) in [6.45, 7) is 1.77. The highest BCUT2D eigenvalue weighted by atomic mass is 35.5. The third-order valence-electron chi connectivity index (χ3n) is 2.15. The van der Waals surface area contributed by atoms with Crippen LogP contribution in [0.15, 0.2) is 16.5 Å². The first-order chi connectivity index (χ1) is 6.63. The summed E-state index contributed by atoms with van der Waals surface area (Å²) in [6.07, 6.45) is 0.639. The maximum Gasteiger partial charge on any atom is 0.185 e. The highest BCUT2D eigenvalue weighted by Gasteiger charge is 2.11. The van der Waals surface area contributed by atoms with Crippen LogP contribution in [0.4, 0.5) is 0 Å². The predicted molar refractivity (Wildman–Crippen MR) is 53.0 cm³/mol. The number of carbonyl (C=O) groups excluding carboxylic acids is 1. The number of aryl methyl sites for hydroxylation is 1. The van der Waals surface area contributed by atoms with Crippen LogP contribution < -0.4 is 0 Å². The second-order valence-electron chi connectivity index (χ2n) is 3.01. The number of phenolic OH excluding ortho intramolecular Hbond substituents is 1. The lowest BCUT2D eigenvalue weighted by Crippen LogP contribution is -1.76. The number of hydrogen-bond donors (Lipinski definition) is 1. The summed E-state index contributed by atoms with van der Waals surface area (Å²) in [5.74, 6) is 0.215. The zero-order chi connectivity index (χ0) is 10.3. The van der Waals surface area contributed by atoms with Crippen molar-refractivity contribution in [1.29, 1.82) is 0 Å². The number of carbonyl (C=O) groups is 1. The van der Waals surface area contributed by atoms with Gasteiger partial charge in [-0.25, -0.2) is 0 Å². The number of phenols is 1. The van der Waals surface area contributed by atoms with Gasteiger partial charge in [0.2, 0.25) is 0 Å². The van der Waals surface area contributed by atoms with Gasteiger partial charge in [0.05, 0.1) is 5.02 Å². The first-order valence-corrected chi connectivity index (χ1v) is 4.38. The molecule has 1 heterocycles. The second kappa shape index (κ2) is 3.03. The van der Waals surface area contributed by atoms with E-state index in [4.69, 9.17) is 16.0 Å². The fraction of sp³-hybridized carbons (Fsp3) is 0.100. The van der Waals surface area contributed by atoms with E-state index < -0.39 is 0 Å². The van der Waals surface area contributed by atoms with Crippen molar-refractivity contribution in [3.63, 3.8) is 0 Å². The van der Waals surface area contributed by atoms with Gasteiger partial charge in [0, 0.05) is 17.0 Å². The number of furan rings is 1. The minimum absolute atomic E-state index is 0.0506. The Morgan fingerprint density at radius 3 is 2.86 bits per heavy atom. The first-order valence-electron chi connectivity index (χ1n) is 4.00. The largest absolute Gasteiger partial charge is 0.506 e. The highest BCUT2D eigenvalue weighted by Crippen LogP contribution is 2.32. The molecule has 1 N–H and O–H groups in total. The van der Waals surface area contributed by atoms with Crippen LogP contribution in [0.5, 0.6) is 5.75 Å². The highest BCUT2D eigenvalue weighted by molar-refractivity contribution is 6.32. The van der Waals surface area contributed by atoms with Gasteiger partial charge in [-0.05, 0) is 13.0 Å². The molecule has 0 saturated carbocycles. The average Bonchev–Trinajstić information content (AvgIpc) is 2.45. The van der Waals surface area contributed by atoms with Crippen LogP contribution in [-0.4, -0.2) is 11.4 Å². The Kier molecular flexibility index (Phi) is 1.97. The van der Waals surface area contributed by atoms with Gasteiger partial charge in [0.25, 0.3) is 0 Å².